The summed E-state index contributed by atoms with van der Waals surface area (Å²) in [5, 5.41) is 3.73. The van der Waals surface area contributed by atoms with Crippen molar-refractivity contribution in [3.63, 3.8) is 0 Å². The maximum atomic E-state index is 3.73. The van der Waals surface area contributed by atoms with Crippen molar-refractivity contribution in [1.29, 1.82) is 0 Å². The van der Waals surface area contributed by atoms with Crippen LogP contribution in [-0.4, -0.2) is 6.04 Å². The third kappa shape index (κ3) is 2.85. The number of rotatable bonds is 3. The molecule has 1 heteroatoms. The van der Waals surface area contributed by atoms with E-state index in [0.717, 1.165) is 6.54 Å². The highest BCUT2D eigenvalue weighted by atomic mass is 14.9. The van der Waals surface area contributed by atoms with Crippen LogP contribution in [0.25, 0.3) is 0 Å². The van der Waals surface area contributed by atoms with Crippen LogP contribution >= 0.6 is 0 Å². The van der Waals surface area contributed by atoms with Crippen LogP contribution < -0.4 is 5.32 Å². The summed E-state index contributed by atoms with van der Waals surface area (Å²) in [6.07, 6.45) is 5.48. The van der Waals surface area contributed by atoms with Crippen molar-refractivity contribution in [3.8, 4) is 0 Å². The molecule has 1 aliphatic carbocycles. The molecule has 1 saturated carbocycles. The zero-order valence-corrected chi connectivity index (χ0v) is 10.5. The van der Waals surface area contributed by atoms with E-state index in [2.05, 4.69) is 49.5 Å². The van der Waals surface area contributed by atoms with E-state index in [1.807, 2.05) is 0 Å². The first-order valence-electron chi connectivity index (χ1n) is 6.46. The van der Waals surface area contributed by atoms with E-state index in [1.54, 1.807) is 0 Å². The Labute approximate surface area is 99.3 Å². The Morgan fingerprint density at radius 1 is 1.19 bits per heavy atom. The van der Waals surface area contributed by atoms with Gasteiger partial charge < -0.3 is 5.32 Å². The highest BCUT2D eigenvalue weighted by Gasteiger charge is 2.31. The minimum Gasteiger partial charge on any atom is -0.309 e. The van der Waals surface area contributed by atoms with Gasteiger partial charge in [0.15, 0.2) is 0 Å². The molecule has 0 radical (unpaired) electrons. The Hall–Kier alpha value is -0.820. The molecule has 0 aromatic heterocycles. The quantitative estimate of drug-likeness (QED) is 0.813. The zero-order valence-electron chi connectivity index (χ0n) is 10.5. The summed E-state index contributed by atoms with van der Waals surface area (Å²) in [5.41, 5.74) is 1.86. The fraction of sp³-hybridized carbons (Fsp3) is 0.600. The Morgan fingerprint density at radius 2 is 1.94 bits per heavy atom. The van der Waals surface area contributed by atoms with Crippen molar-refractivity contribution in [2.45, 2.75) is 52.1 Å². The minimum atomic E-state index is 0.465. The van der Waals surface area contributed by atoms with Gasteiger partial charge in [0.1, 0.15) is 0 Å². The molecule has 0 amide bonds. The van der Waals surface area contributed by atoms with Crippen LogP contribution in [0.3, 0.4) is 0 Å². The number of hydrogen-bond donors (Lipinski definition) is 1. The van der Waals surface area contributed by atoms with E-state index in [4.69, 9.17) is 0 Å². The molecule has 0 saturated heterocycles. The molecule has 1 atom stereocenters. The van der Waals surface area contributed by atoms with E-state index < -0.39 is 0 Å². The third-order valence-electron chi connectivity index (χ3n) is 3.90. The largest absolute Gasteiger partial charge is 0.309 e. The second-order valence-electron chi connectivity index (χ2n) is 5.65. The summed E-state index contributed by atoms with van der Waals surface area (Å²) in [4.78, 5) is 0. The van der Waals surface area contributed by atoms with Gasteiger partial charge in [-0.15, -0.1) is 0 Å². The lowest BCUT2D eigenvalue weighted by molar-refractivity contribution is 0.167. The van der Waals surface area contributed by atoms with Gasteiger partial charge in [0.25, 0.3) is 0 Å². The van der Waals surface area contributed by atoms with Crippen molar-refractivity contribution < 1.29 is 0 Å². The van der Waals surface area contributed by atoms with Gasteiger partial charge in [0, 0.05) is 12.6 Å². The van der Waals surface area contributed by atoms with E-state index >= 15 is 0 Å². The number of nitrogens with one attached hydrogen (secondary N) is 1. The smallest absolute Gasteiger partial charge is 0.0208 e. The maximum Gasteiger partial charge on any atom is 0.0208 e. The van der Waals surface area contributed by atoms with Crippen molar-refractivity contribution >= 4 is 0 Å². The Bertz CT molecular complexity index is 315. The molecule has 16 heavy (non-hydrogen) atoms. The predicted octanol–water partition coefficient (Wildman–Crippen LogP) is 3.75. The molecule has 2 rings (SSSR count). The van der Waals surface area contributed by atoms with E-state index in [0.29, 0.717) is 11.5 Å². The second kappa shape index (κ2) is 5.01. The van der Waals surface area contributed by atoms with Gasteiger partial charge >= 0.3 is 0 Å². The summed E-state index contributed by atoms with van der Waals surface area (Å²) in [6.45, 7) is 5.80. The molecule has 1 aromatic rings. The van der Waals surface area contributed by atoms with Gasteiger partial charge in [-0.25, -0.2) is 0 Å². The molecule has 0 bridgehead atoms. The fourth-order valence-corrected chi connectivity index (χ4v) is 2.71. The van der Waals surface area contributed by atoms with Gasteiger partial charge in [0.05, 0.1) is 0 Å². The molecule has 1 nitrogen and oxygen atoms in total. The molecule has 1 N–H and O–H groups in total. The second-order valence-corrected chi connectivity index (χ2v) is 5.65. The molecule has 0 heterocycles. The lowest BCUT2D eigenvalue weighted by atomic mass is 9.73. The predicted molar refractivity (Wildman–Crippen MR) is 69.3 cm³/mol. The fourth-order valence-electron chi connectivity index (χ4n) is 2.71. The SMILES string of the molecule is CC1(C)CCCC[C@H]1NCc1ccccc1. The van der Waals surface area contributed by atoms with Crippen LogP contribution in [0.1, 0.15) is 45.1 Å². The average molecular weight is 217 g/mol. The highest BCUT2D eigenvalue weighted by molar-refractivity contribution is 5.14. The minimum absolute atomic E-state index is 0.465. The van der Waals surface area contributed by atoms with Crippen LogP contribution in [0.4, 0.5) is 0 Å². The maximum absolute atomic E-state index is 3.73. The Balaban J connectivity index is 1.90. The molecule has 88 valence electrons. The molecule has 0 spiro atoms. The molecule has 1 aliphatic rings. The molecule has 1 aromatic carbocycles. The first-order valence-corrected chi connectivity index (χ1v) is 6.46. The molecule has 0 aliphatic heterocycles. The van der Waals surface area contributed by atoms with Crippen LogP contribution in [0.5, 0.6) is 0 Å². The lowest BCUT2D eigenvalue weighted by Gasteiger charge is -2.39. The van der Waals surface area contributed by atoms with Gasteiger partial charge in [-0.05, 0) is 23.8 Å². The van der Waals surface area contributed by atoms with Crippen LogP contribution in [0, 0.1) is 5.41 Å². The monoisotopic (exact) mass is 217 g/mol. The van der Waals surface area contributed by atoms with Gasteiger partial charge in [-0.3, -0.25) is 0 Å². The topological polar surface area (TPSA) is 12.0 Å². The Morgan fingerprint density at radius 3 is 2.62 bits per heavy atom. The normalized spacial score (nSPS) is 24.2. The summed E-state index contributed by atoms with van der Waals surface area (Å²) < 4.78 is 0. The first-order chi connectivity index (χ1) is 7.68. The van der Waals surface area contributed by atoms with Crippen molar-refractivity contribution in [2.75, 3.05) is 0 Å². The Kier molecular flexibility index (Phi) is 3.65. The molecular formula is C15H23N. The zero-order chi connectivity index (χ0) is 11.4. The first kappa shape index (κ1) is 11.7. The third-order valence-corrected chi connectivity index (χ3v) is 3.90. The van der Waals surface area contributed by atoms with E-state index in [9.17, 15) is 0 Å². The summed E-state index contributed by atoms with van der Waals surface area (Å²) in [6, 6.07) is 11.4. The summed E-state index contributed by atoms with van der Waals surface area (Å²) >= 11 is 0. The highest BCUT2D eigenvalue weighted by Crippen LogP contribution is 2.35. The number of benzene rings is 1. The average Bonchev–Trinajstić information content (AvgIpc) is 2.28. The van der Waals surface area contributed by atoms with Crippen LogP contribution in [-0.2, 0) is 6.54 Å². The lowest BCUT2D eigenvalue weighted by Crippen LogP contribution is -2.43. The molecule has 0 unspecified atom stereocenters. The van der Waals surface area contributed by atoms with Crippen molar-refractivity contribution in [2.24, 2.45) is 5.41 Å². The van der Waals surface area contributed by atoms with E-state index in [-0.39, 0.29) is 0 Å². The summed E-state index contributed by atoms with van der Waals surface area (Å²) in [5.74, 6) is 0. The standard InChI is InChI=1S/C15H23N/c1-15(2)11-7-6-10-14(15)16-12-13-8-4-3-5-9-13/h3-5,8-9,14,16H,6-7,10-12H2,1-2H3/t14-/m1/s1. The van der Waals surface area contributed by atoms with Crippen molar-refractivity contribution in [3.05, 3.63) is 35.9 Å². The van der Waals surface area contributed by atoms with Crippen LogP contribution in [0.2, 0.25) is 0 Å². The molecule has 1 fully saturated rings. The van der Waals surface area contributed by atoms with E-state index in [1.165, 1.54) is 31.2 Å². The van der Waals surface area contributed by atoms with Gasteiger partial charge in [0.2, 0.25) is 0 Å². The van der Waals surface area contributed by atoms with Gasteiger partial charge in [-0.1, -0.05) is 57.0 Å². The van der Waals surface area contributed by atoms with Crippen molar-refractivity contribution in [1.82, 2.24) is 5.32 Å². The van der Waals surface area contributed by atoms with Gasteiger partial charge in [-0.2, -0.15) is 0 Å². The summed E-state index contributed by atoms with van der Waals surface area (Å²) in [7, 11) is 0. The van der Waals surface area contributed by atoms with Crippen LogP contribution in [0.15, 0.2) is 30.3 Å². The number of hydrogen-bond acceptors (Lipinski definition) is 1. The molecular weight excluding hydrogens is 194 g/mol.